The van der Waals surface area contributed by atoms with Crippen LogP contribution < -0.4 is 15.2 Å². The van der Waals surface area contributed by atoms with Gasteiger partial charge in [0.15, 0.2) is 11.5 Å². The molecule has 0 aromatic heterocycles. The van der Waals surface area contributed by atoms with Crippen molar-refractivity contribution in [1.29, 1.82) is 0 Å². The van der Waals surface area contributed by atoms with E-state index in [9.17, 15) is 0 Å². The number of rotatable bonds is 5. The molecule has 0 amide bonds. The minimum absolute atomic E-state index is 0.0103. The van der Waals surface area contributed by atoms with Gasteiger partial charge in [0.2, 0.25) is 0 Å². The Bertz CT molecular complexity index is 416. The SMILES string of the molecule is CC#CCCOc1ccc([C@H](C)N)cc1OC. The first-order valence-electron chi connectivity index (χ1n) is 5.65. The van der Waals surface area contributed by atoms with E-state index in [1.807, 2.05) is 32.0 Å². The molecule has 0 spiro atoms. The van der Waals surface area contributed by atoms with Crippen LogP contribution in [0.4, 0.5) is 0 Å². The lowest BCUT2D eigenvalue weighted by atomic mass is 10.1. The summed E-state index contributed by atoms with van der Waals surface area (Å²) in [6.45, 7) is 4.32. The summed E-state index contributed by atoms with van der Waals surface area (Å²) < 4.78 is 10.9. The summed E-state index contributed by atoms with van der Waals surface area (Å²) in [5, 5.41) is 0. The molecule has 1 atom stereocenters. The molecule has 3 heteroatoms. The van der Waals surface area contributed by atoms with Crippen LogP contribution in [0.2, 0.25) is 0 Å². The molecule has 92 valence electrons. The van der Waals surface area contributed by atoms with Gasteiger partial charge in [0.25, 0.3) is 0 Å². The second kappa shape index (κ2) is 6.82. The van der Waals surface area contributed by atoms with Crippen molar-refractivity contribution >= 4 is 0 Å². The number of methoxy groups -OCH3 is 1. The average Bonchev–Trinajstić information content (AvgIpc) is 2.34. The highest BCUT2D eigenvalue weighted by molar-refractivity contribution is 5.43. The van der Waals surface area contributed by atoms with Crippen LogP contribution in [0.15, 0.2) is 18.2 Å². The van der Waals surface area contributed by atoms with E-state index < -0.39 is 0 Å². The molecule has 1 aromatic carbocycles. The number of hydrogen-bond acceptors (Lipinski definition) is 3. The molecule has 3 nitrogen and oxygen atoms in total. The van der Waals surface area contributed by atoms with Crippen molar-refractivity contribution < 1.29 is 9.47 Å². The summed E-state index contributed by atoms with van der Waals surface area (Å²) in [7, 11) is 1.62. The van der Waals surface area contributed by atoms with E-state index in [1.54, 1.807) is 7.11 Å². The Hall–Kier alpha value is -1.66. The van der Waals surface area contributed by atoms with Gasteiger partial charge in [0.05, 0.1) is 13.7 Å². The fraction of sp³-hybridized carbons (Fsp3) is 0.429. The smallest absolute Gasteiger partial charge is 0.161 e. The summed E-state index contributed by atoms with van der Waals surface area (Å²) in [4.78, 5) is 0. The Morgan fingerprint density at radius 2 is 2.12 bits per heavy atom. The highest BCUT2D eigenvalue weighted by Gasteiger charge is 2.07. The van der Waals surface area contributed by atoms with Crippen molar-refractivity contribution in [2.24, 2.45) is 5.73 Å². The van der Waals surface area contributed by atoms with E-state index in [1.165, 1.54) is 0 Å². The quantitative estimate of drug-likeness (QED) is 0.627. The number of nitrogens with two attached hydrogens (primary N) is 1. The summed E-state index contributed by atoms with van der Waals surface area (Å²) in [5.74, 6) is 7.22. The first kappa shape index (κ1) is 13.4. The third-order valence-electron chi connectivity index (χ3n) is 2.37. The van der Waals surface area contributed by atoms with Gasteiger partial charge in [0.1, 0.15) is 0 Å². The Labute approximate surface area is 103 Å². The van der Waals surface area contributed by atoms with E-state index in [0.29, 0.717) is 18.8 Å². The first-order valence-corrected chi connectivity index (χ1v) is 5.65. The number of benzene rings is 1. The van der Waals surface area contributed by atoms with Gasteiger partial charge < -0.3 is 15.2 Å². The standard InChI is InChI=1S/C14H19NO2/c1-4-5-6-9-17-13-8-7-12(11(2)15)10-14(13)16-3/h7-8,10-11H,6,9,15H2,1-3H3/t11-/m0/s1. The molecule has 17 heavy (non-hydrogen) atoms. The zero-order valence-electron chi connectivity index (χ0n) is 10.6. The van der Waals surface area contributed by atoms with Crippen LogP contribution in [0.5, 0.6) is 11.5 Å². The van der Waals surface area contributed by atoms with E-state index in [4.69, 9.17) is 15.2 Å². The van der Waals surface area contributed by atoms with Gasteiger partial charge in [-0.05, 0) is 31.5 Å². The van der Waals surface area contributed by atoms with Crippen LogP contribution in [0.1, 0.15) is 31.9 Å². The monoisotopic (exact) mass is 233 g/mol. The van der Waals surface area contributed by atoms with E-state index >= 15 is 0 Å². The van der Waals surface area contributed by atoms with E-state index in [2.05, 4.69) is 11.8 Å². The molecule has 1 rings (SSSR count). The topological polar surface area (TPSA) is 44.5 Å². The van der Waals surface area contributed by atoms with Gasteiger partial charge in [-0.2, -0.15) is 0 Å². The van der Waals surface area contributed by atoms with E-state index in [-0.39, 0.29) is 6.04 Å². The van der Waals surface area contributed by atoms with Crippen molar-refractivity contribution in [3.8, 4) is 23.3 Å². The maximum absolute atomic E-state index is 5.81. The lowest BCUT2D eigenvalue weighted by Crippen LogP contribution is -2.06. The van der Waals surface area contributed by atoms with E-state index in [0.717, 1.165) is 11.3 Å². The van der Waals surface area contributed by atoms with Crippen molar-refractivity contribution in [2.75, 3.05) is 13.7 Å². The van der Waals surface area contributed by atoms with Gasteiger partial charge in [-0.15, -0.1) is 11.8 Å². The van der Waals surface area contributed by atoms with Gasteiger partial charge in [-0.1, -0.05) is 6.07 Å². The molecule has 0 bridgehead atoms. The maximum Gasteiger partial charge on any atom is 0.161 e. The van der Waals surface area contributed by atoms with Crippen LogP contribution in [-0.4, -0.2) is 13.7 Å². The lowest BCUT2D eigenvalue weighted by molar-refractivity contribution is 0.301. The predicted octanol–water partition coefficient (Wildman–Crippen LogP) is 2.51. The van der Waals surface area contributed by atoms with Crippen molar-refractivity contribution in [1.82, 2.24) is 0 Å². The predicted molar refractivity (Wildman–Crippen MR) is 69.2 cm³/mol. The average molecular weight is 233 g/mol. The summed E-state index contributed by atoms with van der Waals surface area (Å²) in [6, 6.07) is 5.74. The summed E-state index contributed by atoms with van der Waals surface area (Å²) in [6.07, 6.45) is 0.717. The van der Waals surface area contributed by atoms with Gasteiger partial charge in [0, 0.05) is 12.5 Å². The third-order valence-corrected chi connectivity index (χ3v) is 2.37. The molecule has 2 N–H and O–H groups in total. The summed E-state index contributed by atoms with van der Waals surface area (Å²) in [5.41, 5.74) is 6.84. The van der Waals surface area contributed by atoms with Crippen molar-refractivity contribution in [3.05, 3.63) is 23.8 Å². The molecule has 0 radical (unpaired) electrons. The molecule has 0 unspecified atom stereocenters. The fourth-order valence-electron chi connectivity index (χ4n) is 1.42. The van der Waals surface area contributed by atoms with Gasteiger partial charge >= 0.3 is 0 Å². The maximum atomic E-state index is 5.81. The molecule has 0 aliphatic rings. The van der Waals surface area contributed by atoms with Gasteiger partial charge in [-0.25, -0.2) is 0 Å². The fourth-order valence-corrected chi connectivity index (χ4v) is 1.42. The van der Waals surface area contributed by atoms with Crippen molar-refractivity contribution in [3.63, 3.8) is 0 Å². The second-order valence-electron chi connectivity index (χ2n) is 3.72. The minimum Gasteiger partial charge on any atom is -0.493 e. The Morgan fingerprint density at radius 3 is 2.71 bits per heavy atom. The molecule has 0 saturated carbocycles. The molecule has 0 aliphatic carbocycles. The van der Waals surface area contributed by atoms with Crippen LogP contribution in [0.3, 0.4) is 0 Å². The lowest BCUT2D eigenvalue weighted by Gasteiger charge is -2.12. The molecule has 0 saturated heterocycles. The zero-order chi connectivity index (χ0) is 12.7. The molecular formula is C14H19NO2. The van der Waals surface area contributed by atoms with Crippen LogP contribution in [0.25, 0.3) is 0 Å². The molecular weight excluding hydrogens is 214 g/mol. The number of hydrogen-bond donors (Lipinski definition) is 1. The highest BCUT2D eigenvalue weighted by atomic mass is 16.5. The molecule has 1 aromatic rings. The third kappa shape index (κ3) is 4.01. The largest absolute Gasteiger partial charge is 0.493 e. The highest BCUT2D eigenvalue weighted by Crippen LogP contribution is 2.29. The Morgan fingerprint density at radius 1 is 1.35 bits per heavy atom. The molecule has 0 aliphatic heterocycles. The van der Waals surface area contributed by atoms with Crippen molar-refractivity contribution in [2.45, 2.75) is 26.3 Å². The minimum atomic E-state index is -0.0103. The van der Waals surface area contributed by atoms with Crippen LogP contribution >= 0.6 is 0 Å². The van der Waals surface area contributed by atoms with Crippen LogP contribution in [-0.2, 0) is 0 Å². The molecule has 0 heterocycles. The Kier molecular flexibility index (Phi) is 5.38. The zero-order valence-corrected chi connectivity index (χ0v) is 10.6. The van der Waals surface area contributed by atoms with Gasteiger partial charge in [-0.3, -0.25) is 0 Å². The first-order chi connectivity index (χ1) is 8.19. The summed E-state index contributed by atoms with van der Waals surface area (Å²) >= 11 is 0. The van der Waals surface area contributed by atoms with Crippen LogP contribution in [0, 0.1) is 11.8 Å². The Balaban J connectivity index is 2.73. The number of ether oxygens (including phenoxy) is 2. The second-order valence-corrected chi connectivity index (χ2v) is 3.72. The normalized spacial score (nSPS) is 11.3. The molecule has 0 fully saturated rings.